The van der Waals surface area contributed by atoms with Gasteiger partial charge in [-0.2, -0.15) is 15.0 Å². The summed E-state index contributed by atoms with van der Waals surface area (Å²) in [6.45, 7) is 9.93. The normalized spacial score (nSPS) is 18.0. The zero-order valence-corrected chi connectivity index (χ0v) is 38.4. The van der Waals surface area contributed by atoms with E-state index < -0.39 is 29.5 Å². The molecule has 4 heterocycles. The number of anilines is 3. The van der Waals surface area contributed by atoms with Crippen LogP contribution in [0.4, 0.5) is 17.8 Å². The SMILES string of the molecule is C#CCN1CCN(c2nc(NCCCCCC(=O)N[C@H](C(=O)N3C[C@H](O)C[C@H]3C(=O)NCc3ccc(-c4scnc4C)cc3)C(C)(C)C)nc(N(C)CCC(=O)NC3CC3)n2)CC1=O. The molecule has 64 heavy (non-hydrogen) atoms. The zero-order chi connectivity index (χ0) is 46.0. The van der Waals surface area contributed by atoms with Gasteiger partial charge >= 0.3 is 0 Å². The Hall–Kier alpha value is -5.87. The van der Waals surface area contributed by atoms with Gasteiger partial charge in [-0.25, -0.2) is 4.98 Å². The maximum atomic E-state index is 14.1. The molecule has 3 atom stereocenters. The molecule has 0 spiro atoms. The van der Waals surface area contributed by atoms with E-state index in [4.69, 9.17) is 6.42 Å². The van der Waals surface area contributed by atoms with Crippen LogP contribution in [0.2, 0.25) is 0 Å². The first kappa shape index (κ1) is 47.6. The van der Waals surface area contributed by atoms with Crippen LogP contribution in [0, 0.1) is 24.7 Å². The van der Waals surface area contributed by atoms with Gasteiger partial charge in [0.25, 0.3) is 0 Å². The molecule has 2 saturated heterocycles. The molecule has 3 aliphatic rings. The highest BCUT2D eigenvalue weighted by Gasteiger charge is 2.44. The highest BCUT2D eigenvalue weighted by Crippen LogP contribution is 2.29. The lowest BCUT2D eigenvalue weighted by Gasteiger charge is -2.35. The minimum atomic E-state index is -0.918. The third-order valence-corrected chi connectivity index (χ3v) is 12.5. The van der Waals surface area contributed by atoms with Crippen LogP contribution < -0.4 is 31.1 Å². The van der Waals surface area contributed by atoms with Crippen molar-refractivity contribution in [1.82, 2.24) is 45.7 Å². The summed E-state index contributed by atoms with van der Waals surface area (Å²) in [6, 6.07) is 6.36. The third kappa shape index (κ3) is 13.1. The number of unbranched alkanes of at least 4 members (excludes halogenated alkanes) is 2. The summed E-state index contributed by atoms with van der Waals surface area (Å²) < 4.78 is 0. The van der Waals surface area contributed by atoms with Crippen LogP contribution in [-0.2, 0) is 30.5 Å². The van der Waals surface area contributed by atoms with Gasteiger partial charge in [-0.3, -0.25) is 24.0 Å². The molecule has 18 nitrogen and oxygen atoms in total. The van der Waals surface area contributed by atoms with Crippen LogP contribution in [0.3, 0.4) is 0 Å². The number of aliphatic hydroxyl groups is 1. The molecule has 0 radical (unpaired) electrons. The standard InChI is InChI=1S/C45H62N12O6S/c1-7-20-55-22-23-56(27-37(55)61)44-52-42(51-43(53-44)54(6)21-18-36(60)49-32-16-17-32)46-19-10-8-9-11-35(59)50-39(45(3,4)5)41(63)57-26-33(58)24-34(57)40(62)47-25-30-12-14-31(15-13-30)38-29(2)48-28-64-38/h1,12-15,28,32-34,39,58H,8-11,16-27H2,2-6H3,(H,47,62)(H,49,60)(H,50,59)(H,46,51,52,53)/t33-,34+,39-/m1/s1. The quantitative estimate of drug-likeness (QED) is 0.0815. The number of carbonyl (C=O) groups is 5. The molecule has 6 rings (SSSR count). The molecular formula is C45H62N12O6S. The molecule has 19 heteroatoms. The Morgan fingerprint density at radius 1 is 1.03 bits per heavy atom. The van der Waals surface area contributed by atoms with Crippen molar-refractivity contribution in [3.8, 4) is 22.8 Å². The van der Waals surface area contributed by atoms with Gasteiger partial charge in [-0.15, -0.1) is 17.8 Å². The fraction of sp³-hybridized carbons (Fsp3) is 0.578. The van der Waals surface area contributed by atoms with E-state index in [-0.39, 0.29) is 75.1 Å². The first-order valence-electron chi connectivity index (χ1n) is 22.1. The summed E-state index contributed by atoms with van der Waals surface area (Å²) in [7, 11) is 1.81. The number of carbonyl (C=O) groups excluding carboxylic acids is 5. The number of terminal acetylenes is 1. The summed E-state index contributed by atoms with van der Waals surface area (Å²) in [5, 5.41) is 22.8. The molecule has 3 fully saturated rings. The average molecular weight is 899 g/mol. The molecule has 0 unspecified atom stereocenters. The van der Waals surface area contributed by atoms with Crippen molar-refractivity contribution in [2.24, 2.45) is 5.41 Å². The number of nitrogens with zero attached hydrogens (tertiary/aromatic N) is 8. The highest BCUT2D eigenvalue weighted by atomic mass is 32.1. The van der Waals surface area contributed by atoms with E-state index in [1.807, 2.05) is 64.5 Å². The van der Waals surface area contributed by atoms with E-state index in [1.165, 1.54) is 4.90 Å². The number of hydrogen-bond acceptors (Lipinski definition) is 14. The maximum Gasteiger partial charge on any atom is 0.246 e. The molecule has 1 aliphatic carbocycles. The molecule has 1 aromatic carbocycles. The number of benzene rings is 1. The largest absolute Gasteiger partial charge is 0.391 e. The monoisotopic (exact) mass is 898 g/mol. The van der Waals surface area contributed by atoms with Crippen molar-refractivity contribution in [2.75, 3.05) is 68.0 Å². The Morgan fingerprint density at radius 3 is 2.47 bits per heavy atom. The van der Waals surface area contributed by atoms with Gasteiger partial charge in [0.1, 0.15) is 18.6 Å². The van der Waals surface area contributed by atoms with Crippen LogP contribution in [0.1, 0.15) is 83.4 Å². The number of amides is 5. The Bertz CT molecular complexity index is 2170. The van der Waals surface area contributed by atoms with E-state index >= 15 is 0 Å². The second-order valence-electron chi connectivity index (χ2n) is 17.9. The minimum Gasteiger partial charge on any atom is -0.391 e. The van der Waals surface area contributed by atoms with Crippen molar-refractivity contribution in [3.05, 3.63) is 41.0 Å². The van der Waals surface area contributed by atoms with Crippen molar-refractivity contribution >= 4 is 58.7 Å². The number of nitrogens with one attached hydrogen (secondary N) is 4. The summed E-state index contributed by atoms with van der Waals surface area (Å²) in [5.74, 6) is 2.36. The van der Waals surface area contributed by atoms with Crippen molar-refractivity contribution in [2.45, 2.75) is 110 Å². The Balaban J connectivity index is 0.984. The van der Waals surface area contributed by atoms with Gasteiger partial charge in [0.2, 0.25) is 47.4 Å². The first-order chi connectivity index (χ1) is 30.6. The van der Waals surface area contributed by atoms with E-state index in [0.29, 0.717) is 63.3 Å². The van der Waals surface area contributed by atoms with Gasteiger partial charge in [0.05, 0.1) is 28.7 Å². The van der Waals surface area contributed by atoms with Crippen LogP contribution in [0.25, 0.3) is 10.4 Å². The smallest absolute Gasteiger partial charge is 0.246 e. The van der Waals surface area contributed by atoms with E-state index in [9.17, 15) is 29.1 Å². The van der Waals surface area contributed by atoms with Gasteiger partial charge in [0, 0.05) is 71.6 Å². The maximum absolute atomic E-state index is 14.1. The fourth-order valence-corrected chi connectivity index (χ4v) is 8.41. The van der Waals surface area contributed by atoms with E-state index in [0.717, 1.165) is 34.5 Å². The van der Waals surface area contributed by atoms with Crippen molar-refractivity contribution in [3.63, 3.8) is 0 Å². The summed E-state index contributed by atoms with van der Waals surface area (Å²) in [6.07, 6.45) is 9.09. The predicted octanol–water partition coefficient (Wildman–Crippen LogP) is 2.47. The van der Waals surface area contributed by atoms with Gasteiger partial charge in [-0.05, 0) is 49.1 Å². The molecule has 5 amide bonds. The van der Waals surface area contributed by atoms with Gasteiger partial charge in [-0.1, -0.05) is 57.4 Å². The summed E-state index contributed by atoms with van der Waals surface area (Å²) in [4.78, 5) is 92.0. The number of aryl methyl sites for hydroxylation is 1. The van der Waals surface area contributed by atoms with Crippen LogP contribution in [-0.4, -0.2) is 141 Å². The number of aliphatic hydroxyl groups excluding tert-OH is 1. The van der Waals surface area contributed by atoms with Crippen LogP contribution in [0.15, 0.2) is 29.8 Å². The first-order valence-corrected chi connectivity index (χ1v) is 23.0. The van der Waals surface area contributed by atoms with Crippen molar-refractivity contribution in [1.29, 1.82) is 0 Å². The number of thiazole rings is 1. The molecule has 0 bridgehead atoms. The number of rotatable bonds is 20. The van der Waals surface area contributed by atoms with Crippen LogP contribution >= 0.6 is 11.3 Å². The number of hydrogen-bond donors (Lipinski definition) is 5. The predicted molar refractivity (Wildman–Crippen MR) is 245 cm³/mol. The number of β-amino-alcohol motifs (C(OH)–C–C–N with tert-alkyl or cyclic N) is 1. The number of piperazine rings is 1. The Morgan fingerprint density at radius 2 is 1.80 bits per heavy atom. The third-order valence-electron chi connectivity index (χ3n) is 11.5. The summed E-state index contributed by atoms with van der Waals surface area (Å²) >= 11 is 1.57. The minimum absolute atomic E-state index is 0.00542. The molecule has 2 aromatic heterocycles. The molecule has 2 aliphatic heterocycles. The topological polar surface area (TPSA) is 218 Å². The van der Waals surface area contributed by atoms with Gasteiger partial charge < -0.3 is 46.0 Å². The Kier molecular flexibility index (Phi) is 16.1. The molecule has 5 N–H and O–H groups in total. The lowest BCUT2D eigenvalue weighted by Crippen LogP contribution is -2.57. The summed E-state index contributed by atoms with van der Waals surface area (Å²) in [5.41, 5.74) is 4.04. The second-order valence-corrected chi connectivity index (χ2v) is 18.7. The average Bonchev–Trinajstić information content (AvgIpc) is 3.83. The fourth-order valence-electron chi connectivity index (χ4n) is 7.60. The van der Waals surface area contributed by atoms with Crippen molar-refractivity contribution < 1.29 is 29.1 Å². The molecule has 3 aromatic rings. The zero-order valence-electron chi connectivity index (χ0n) is 37.6. The van der Waals surface area contributed by atoms with E-state index in [2.05, 4.69) is 47.1 Å². The number of likely N-dealkylation sites (tertiary alicyclic amines) is 1. The molecular weight excluding hydrogens is 837 g/mol. The Labute approximate surface area is 379 Å². The van der Waals surface area contributed by atoms with E-state index in [1.54, 1.807) is 26.0 Å². The number of aromatic nitrogens is 4. The lowest BCUT2D eigenvalue weighted by molar-refractivity contribution is -0.144. The molecule has 1 saturated carbocycles. The van der Waals surface area contributed by atoms with Gasteiger partial charge in [0.15, 0.2) is 0 Å². The highest BCUT2D eigenvalue weighted by molar-refractivity contribution is 7.13. The molecule has 344 valence electrons. The lowest BCUT2D eigenvalue weighted by atomic mass is 9.85. The second kappa shape index (κ2) is 21.7. The van der Waals surface area contributed by atoms with Crippen LogP contribution in [0.5, 0.6) is 0 Å².